The van der Waals surface area contributed by atoms with E-state index in [4.69, 9.17) is 23.2 Å². The summed E-state index contributed by atoms with van der Waals surface area (Å²) in [7, 11) is 0. The smallest absolute Gasteiger partial charge is 0.160 e. The minimum absolute atomic E-state index is 0.429. The Labute approximate surface area is 407 Å². The maximum Gasteiger partial charge on any atom is 0.160 e. The monoisotopic (exact) mass is 906 g/mol. The second-order valence-corrected chi connectivity index (χ2v) is 18.9. The van der Waals surface area contributed by atoms with Gasteiger partial charge in [-0.05, 0) is 98.1 Å². The maximum atomic E-state index is 6.76. The number of aliphatic imine (C=N–C) groups is 2. The third-order valence-corrected chi connectivity index (χ3v) is 15.4. The first-order valence-corrected chi connectivity index (χ1v) is 24.3. The predicted octanol–water partition coefficient (Wildman–Crippen LogP) is 17.1. The van der Waals surface area contributed by atoms with Crippen molar-refractivity contribution in [1.82, 2.24) is 0 Å². The van der Waals surface area contributed by atoms with E-state index in [-0.39, 0.29) is 0 Å². The van der Waals surface area contributed by atoms with Crippen molar-refractivity contribution in [2.75, 3.05) is 0 Å². The van der Waals surface area contributed by atoms with Gasteiger partial charge in [0.2, 0.25) is 0 Å². The van der Waals surface area contributed by atoms with Crippen LogP contribution in [-0.4, -0.2) is 11.5 Å². The molecule has 0 unspecified atom stereocenters. The van der Waals surface area contributed by atoms with Crippen LogP contribution in [0, 0.1) is 0 Å². The molecule has 4 heterocycles. The first-order chi connectivity index (χ1) is 35.2. The number of furan rings is 3. The van der Waals surface area contributed by atoms with Gasteiger partial charge in [-0.1, -0.05) is 176 Å². The molecular weight excluding hydrogens is 869 g/mol. The molecule has 0 atom stereocenters. The van der Waals surface area contributed by atoms with Crippen LogP contribution in [0.25, 0.3) is 105 Å². The van der Waals surface area contributed by atoms with Crippen LogP contribution < -0.4 is 0 Å². The molecule has 0 saturated carbocycles. The molecule has 0 bridgehead atoms. The highest BCUT2D eigenvalue weighted by molar-refractivity contribution is 6.27. The summed E-state index contributed by atoms with van der Waals surface area (Å²) in [6, 6.07) is 75.8. The lowest BCUT2D eigenvalue weighted by Gasteiger charge is -2.30. The maximum absolute atomic E-state index is 6.76. The topological polar surface area (TPSA) is 64.1 Å². The van der Waals surface area contributed by atoms with Gasteiger partial charge < -0.3 is 13.3 Å². The van der Waals surface area contributed by atoms with Gasteiger partial charge in [-0.25, -0.2) is 9.98 Å². The molecule has 0 N–H and O–H groups in total. The molecule has 71 heavy (non-hydrogen) atoms. The van der Waals surface area contributed by atoms with Gasteiger partial charge in [-0.2, -0.15) is 0 Å². The van der Waals surface area contributed by atoms with E-state index in [0.717, 1.165) is 99.5 Å². The Hall–Kier alpha value is -9.32. The van der Waals surface area contributed by atoms with Crippen LogP contribution in [0.5, 0.6) is 0 Å². The SMILES string of the molecule is C1=C(c2cccc3oc4ccccc4c23)N=C(c2cccc3oc4ccccc4c23)N=C(c2cccc3oc4ccc(-c5cccc6c5-c5ccccc5C65c6ccccc6-c6ccccc65)cc4c23)C1. The van der Waals surface area contributed by atoms with Crippen LogP contribution in [0.15, 0.2) is 242 Å². The van der Waals surface area contributed by atoms with Gasteiger partial charge in [-0.3, -0.25) is 0 Å². The molecule has 5 heteroatoms. The minimum atomic E-state index is -0.429. The van der Waals surface area contributed by atoms with Crippen molar-refractivity contribution >= 4 is 83.1 Å². The fourth-order valence-electron chi connectivity index (χ4n) is 12.6. The van der Waals surface area contributed by atoms with E-state index in [1.165, 1.54) is 50.1 Å². The van der Waals surface area contributed by atoms with E-state index < -0.39 is 5.41 Å². The highest BCUT2D eigenvalue weighted by atomic mass is 16.3. The summed E-state index contributed by atoms with van der Waals surface area (Å²) >= 11 is 0. The van der Waals surface area contributed by atoms with Gasteiger partial charge >= 0.3 is 0 Å². The summed E-state index contributed by atoms with van der Waals surface area (Å²) in [5.74, 6) is 0.610. The van der Waals surface area contributed by atoms with Crippen molar-refractivity contribution in [2.24, 2.45) is 9.98 Å². The number of nitrogens with zero attached hydrogens (tertiary/aromatic N) is 2. The van der Waals surface area contributed by atoms with Gasteiger partial charge in [0.25, 0.3) is 0 Å². The lowest BCUT2D eigenvalue weighted by Crippen LogP contribution is -2.25. The zero-order chi connectivity index (χ0) is 46.4. The predicted molar refractivity (Wildman–Crippen MR) is 289 cm³/mol. The van der Waals surface area contributed by atoms with E-state index in [0.29, 0.717) is 12.3 Å². The largest absolute Gasteiger partial charge is 0.456 e. The molecule has 1 spiro atoms. The Morgan fingerprint density at radius 2 is 0.803 bits per heavy atom. The molecule has 0 saturated heterocycles. The molecule has 2 aliphatic carbocycles. The van der Waals surface area contributed by atoms with E-state index in [1.54, 1.807) is 0 Å². The van der Waals surface area contributed by atoms with Gasteiger partial charge in [0.15, 0.2) is 5.84 Å². The quantitative estimate of drug-likeness (QED) is 0.177. The number of hydrogen-bond donors (Lipinski definition) is 0. The second-order valence-electron chi connectivity index (χ2n) is 18.9. The fourth-order valence-corrected chi connectivity index (χ4v) is 12.6. The van der Waals surface area contributed by atoms with Crippen LogP contribution in [0.1, 0.15) is 45.4 Å². The van der Waals surface area contributed by atoms with Crippen LogP contribution in [0.3, 0.4) is 0 Å². The molecule has 0 fully saturated rings. The number of hydrogen-bond acceptors (Lipinski definition) is 5. The van der Waals surface area contributed by atoms with E-state index in [1.807, 2.05) is 42.5 Å². The normalized spacial score (nSPS) is 14.5. The highest BCUT2D eigenvalue weighted by Gasteiger charge is 2.52. The zero-order valence-corrected chi connectivity index (χ0v) is 38.1. The molecule has 16 rings (SSSR count). The average Bonchev–Trinajstić information content (AvgIpc) is 4.21. The van der Waals surface area contributed by atoms with Crippen molar-refractivity contribution in [3.05, 3.63) is 257 Å². The summed E-state index contributed by atoms with van der Waals surface area (Å²) < 4.78 is 19.6. The molecule has 10 aromatic carbocycles. The van der Waals surface area contributed by atoms with E-state index in [2.05, 4.69) is 176 Å². The lowest BCUT2D eigenvalue weighted by molar-refractivity contribution is 0.668. The number of fused-ring (bicyclic) bond motifs is 19. The molecule has 330 valence electrons. The molecule has 5 nitrogen and oxygen atoms in total. The average molecular weight is 907 g/mol. The summed E-state index contributed by atoms with van der Waals surface area (Å²) in [5, 5.41) is 6.15. The summed E-state index contributed by atoms with van der Waals surface area (Å²) in [5.41, 5.74) is 21.9. The Kier molecular flexibility index (Phi) is 7.81. The minimum Gasteiger partial charge on any atom is -0.456 e. The van der Waals surface area contributed by atoms with Crippen molar-refractivity contribution in [3.63, 3.8) is 0 Å². The molecule has 1 aliphatic heterocycles. The van der Waals surface area contributed by atoms with Crippen LogP contribution in [0.4, 0.5) is 0 Å². The van der Waals surface area contributed by atoms with Crippen molar-refractivity contribution in [2.45, 2.75) is 11.8 Å². The number of amidine groups is 1. The van der Waals surface area contributed by atoms with Gasteiger partial charge in [0.05, 0.1) is 16.8 Å². The molecular formula is C66H38N2O3. The van der Waals surface area contributed by atoms with Gasteiger partial charge in [-0.15, -0.1) is 0 Å². The first kappa shape index (κ1) is 38.6. The molecule has 13 aromatic rings. The van der Waals surface area contributed by atoms with Crippen LogP contribution in [0.2, 0.25) is 0 Å². The number of para-hydroxylation sites is 2. The molecule has 3 aromatic heterocycles. The Balaban J connectivity index is 0.908. The van der Waals surface area contributed by atoms with Crippen molar-refractivity contribution < 1.29 is 13.3 Å². The lowest BCUT2D eigenvalue weighted by atomic mass is 9.70. The summed E-state index contributed by atoms with van der Waals surface area (Å²) in [6.07, 6.45) is 2.75. The van der Waals surface area contributed by atoms with Crippen LogP contribution in [-0.2, 0) is 5.41 Å². The second kappa shape index (κ2) is 14.4. The summed E-state index contributed by atoms with van der Waals surface area (Å²) in [4.78, 5) is 11.2. The van der Waals surface area contributed by atoms with Gasteiger partial charge in [0.1, 0.15) is 33.5 Å². The molecule has 0 amide bonds. The standard InChI is InChI=1S/C66H38N2O3/c1-6-24-49-40(15-1)41-16-2-7-25-50(41)66(49)51-26-8-3-17-42(51)61-39(20-11-27-52(61)66)38-33-36-57-48(37-38)63-44(22-13-31-59(63)71-57)54-35-34-53(43-21-12-30-58-62(43)45-18-4-9-28-55(45)69-58)67-65(68-54)47-23-14-32-60-64(47)46-19-5-10-29-56(46)70-60/h1-34,36-37H,35H2. The van der Waals surface area contributed by atoms with E-state index in [9.17, 15) is 0 Å². The third kappa shape index (κ3) is 5.24. The molecule has 3 aliphatic rings. The zero-order valence-electron chi connectivity index (χ0n) is 38.1. The molecule has 0 radical (unpaired) electrons. The van der Waals surface area contributed by atoms with Gasteiger partial charge in [0, 0.05) is 55.4 Å². The number of allylic oxidation sites excluding steroid dienone is 1. The number of benzene rings is 10. The van der Waals surface area contributed by atoms with Crippen molar-refractivity contribution in [3.8, 4) is 33.4 Å². The van der Waals surface area contributed by atoms with Crippen molar-refractivity contribution in [1.29, 1.82) is 0 Å². The number of rotatable bonds is 4. The Bertz CT molecular complexity index is 4530. The Morgan fingerprint density at radius 1 is 0.338 bits per heavy atom. The van der Waals surface area contributed by atoms with E-state index >= 15 is 0 Å². The first-order valence-electron chi connectivity index (χ1n) is 24.3. The third-order valence-electron chi connectivity index (χ3n) is 15.4. The Morgan fingerprint density at radius 3 is 1.48 bits per heavy atom. The highest BCUT2D eigenvalue weighted by Crippen LogP contribution is 2.64. The fraction of sp³-hybridized carbons (Fsp3) is 0.0303. The van der Waals surface area contributed by atoms with Crippen LogP contribution >= 0.6 is 0 Å². The summed E-state index contributed by atoms with van der Waals surface area (Å²) in [6.45, 7) is 0.